The fourth-order valence-corrected chi connectivity index (χ4v) is 4.55. The summed E-state index contributed by atoms with van der Waals surface area (Å²) in [6.45, 7) is 9.12. The van der Waals surface area contributed by atoms with Crippen LogP contribution in [0.25, 0.3) is 0 Å². The van der Waals surface area contributed by atoms with Crippen molar-refractivity contribution in [2.45, 2.75) is 89.9 Å². The van der Waals surface area contributed by atoms with Crippen molar-refractivity contribution in [3.05, 3.63) is 47.3 Å². The van der Waals surface area contributed by atoms with Gasteiger partial charge in [-0.3, -0.25) is 0 Å². The second kappa shape index (κ2) is 9.84. The Balaban J connectivity index is 1.55. The lowest BCUT2D eigenvalue weighted by atomic mass is 9.78. The Morgan fingerprint density at radius 2 is 1.96 bits per heavy atom. The topological polar surface area (TPSA) is 18.5 Å². The van der Waals surface area contributed by atoms with Crippen LogP contribution in [0.15, 0.2) is 24.8 Å². The van der Waals surface area contributed by atoms with E-state index in [-0.39, 0.29) is 11.9 Å². The third-order valence-electron chi connectivity index (χ3n) is 6.49. The van der Waals surface area contributed by atoms with Gasteiger partial charge in [-0.2, -0.15) is 0 Å². The van der Waals surface area contributed by atoms with Gasteiger partial charge in [0.2, 0.25) is 0 Å². The van der Waals surface area contributed by atoms with Gasteiger partial charge in [0.25, 0.3) is 0 Å². The van der Waals surface area contributed by atoms with Crippen molar-refractivity contribution >= 4 is 0 Å². The maximum Gasteiger partial charge on any atom is 0.129 e. The van der Waals surface area contributed by atoms with Gasteiger partial charge in [-0.15, -0.1) is 6.58 Å². The van der Waals surface area contributed by atoms with Crippen molar-refractivity contribution < 1.29 is 13.9 Å². The van der Waals surface area contributed by atoms with E-state index >= 15 is 4.39 Å². The van der Waals surface area contributed by atoms with Crippen LogP contribution in [0, 0.1) is 18.7 Å². The van der Waals surface area contributed by atoms with Crippen molar-refractivity contribution in [2.75, 3.05) is 6.61 Å². The molecule has 2 unspecified atom stereocenters. The van der Waals surface area contributed by atoms with Crippen molar-refractivity contribution in [3.63, 3.8) is 0 Å². The number of allylic oxidation sites excluding steroid dienone is 1. The average molecular weight is 375 g/mol. The molecule has 1 saturated carbocycles. The summed E-state index contributed by atoms with van der Waals surface area (Å²) in [5.41, 5.74) is 2.60. The molecule has 3 heteroatoms. The minimum absolute atomic E-state index is 0.0268. The molecule has 2 aliphatic rings. The number of hydrogen-bond acceptors (Lipinski definition) is 2. The molecule has 27 heavy (non-hydrogen) atoms. The van der Waals surface area contributed by atoms with E-state index in [0.29, 0.717) is 31.2 Å². The summed E-state index contributed by atoms with van der Waals surface area (Å²) in [5, 5.41) is 0. The molecule has 0 spiro atoms. The van der Waals surface area contributed by atoms with Gasteiger partial charge >= 0.3 is 0 Å². The molecule has 3 rings (SSSR count). The lowest BCUT2D eigenvalue weighted by molar-refractivity contribution is -0.0925. The highest BCUT2D eigenvalue weighted by Gasteiger charge is 2.25. The Bertz CT molecular complexity index is 611. The largest absolute Gasteiger partial charge is 0.376 e. The maximum absolute atomic E-state index is 15.0. The maximum atomic E-state index is 15.0. The van der Waals surface area contributed by atoms with Gasteiger partial charge in [0, 0.05) is 0 Å². The van der Waals surface area contributed by atoms with Crippen LogP contribution < -0.4 is 0 Å². The molecule has 0 radical (unpaired) electrons. The van der Waals surface area contributed by atoms with Crippen molar-refractivity contribution in [1.82, 2.24) is 0 Å². The first-order valence-electron chi connectivity index (χ1n) is 10.8. The second-order valence-corrected chi connectivity index (χ2v) is 8.35. The van der Waals surface area contributed by atoms with Crippen molar-refractivity contribution in [1.29, 1.82) is 0 Å². The van der Waals surface area contributed by atoms with Crippen LogP contribution >= 0.6 is 0 Å². The predicted octanol–water partition coefficient (Wildman–Crippen LogP) is 6.46. The first kappa shape index (κ1) is 20.5. The van der Waals surface area contributed by atoms with Gasteiger partial charge in [-0.25, -0.2) is 4.39 Å². The summed E-state index contributed by atoms with van der Waals surface area (Å²) in [6, 6.07) is 4.06. The standard InChI is InChI=1S/C24H35FO2/c1-4-6-21-12-13-22(16-27-21)26-15-20-11-14-23(24(25)17(20)3)19-9-7-18(5-2)8-10-19/h5,11,14,18-19,21-22H,2,4,6-10,12-13,15-16H2,1,3H3. The van der Waals surface area contributed by atoms with Gasteiger partial charge in [-0.05, 0) is 80.4 Å². The molecule has 2 nitrogen and oxygen atoms in total. The highest BCUT2D eigenvalue weighted by molar-refractivity contribution is 5.35. The Kier molecular flexibility index (Phi) is 7.49. The number of ether oxygens (including phenoxy) is 2. The molecule has 1 heterocycles. The fourth-order valence-electron chi connectivity index (χ4n) is 4.55. The van der Waals surface area contributed by atoms with E-state index in [2.05, 4.69) is 25.6 Å². The summed E-state index contributed by atoms with van der Waals surface area (Å²) >= 11 is 0. The van der Waals surface area contributed by atoms with Crippen LogP contribution in [-0.2, 0) is 16.1 Å². The summed E-state index contributed by atoms with van der Waals surface area (Å²) in [7, 11) is 0. The average Bonchev–Trinajstić information content (AvgIpc) is 2.71. The van der Waals surface area contributed by atoms with Crippen LogP contribution in [0.3, 0.4) is 0 Å². The van der Waals surface area contributed by atoms with Crippen LogP contribution in [0.1, 0.15) is 80.9 Å². The molecule has 0 N–H and O–H groups in total. The quantitative estimate of drug-likeness (QED) is 0.510. The van der Waals surface area contributed by atoms with Crippen LogP contribution in [0.5, 0.6) is 0 Å². The van der Waals surface area contributed by atoms with E-state index < -0.39 is 0 Å². The molecule has 0 bridgehead atoms. The van der Waals surface area contributed by atoms with Crippen molar-refractivity contribution in [3.8, 4) is 0 Å². The SMILES string of the molecule is C=CC1CCC(c2ccc(COC3CCC(CCC)OC3)c(C)c2F)CC1. The highest BCUT2D eigenvalue weighted by Crippen LogP contribution is 2.38. The van der Waals surface area contributed by atoms with Gasteiger partial charge < -0.3 is 9.47 Å². The van der Waals surface area contributed by atoms with Gasteiger partial charge in [0.15, 0.2) is 0 Å². The summed E-state index contributed by atoms with van der Waals surface area (Å²) < 4.78 is 27.0. The minimum atomic E-state index is -0.0268. The molecule has 1 aromatic carbocycles. The van der Waals surface area contributed by atoms with E-state index in [9.17, 15) is 0 Å². The van der Waals surface area contributed by atoms with Crippen LogP contribution in [0.4, 0.5) is 4.39 Å². The molecule has 1 aliphatic heterocycles. The first-order chi connectivity index (χ1) is 13.1. The molecule has 150 valence electrons. The third kappa shape index (κ3) is 5.20. The number of hydrogen-bond donors (Lipinski definition) is 0. The lowest BCUT2D eigenvalue weighted by Gasteiger charge is -2.29. The molecule has 0 aromatic heterocycles. The van der Waals surface area contributed by atoms with E-state index in [4.69, 9.17) is 9.47 Å². The summed E-state index contributed by atoms with van der Waals surface area (Å²) in [5.74, 6) is 0.922. The highest BCUT2D eigenvalue weighted by atomic mass is 19.1. The Hall–Kier alpha value is -1.19. The smallest absolute Gasteiger partial charge is 0.129 e. The molecule has 2 atom stereocenters. The Labute approximate surface area is 164 Å². The third-order valence-corrected chi connectivity index (χ3v) is 6.49. The summed E-state index contributed by atoms with van der Waals surface area (Å²) in [4.78, 5) is 0. The molecular weight excluding hydrogens is 339 g/mol. The van der Waals surface area contributed by atoms with Gasteiger partial charge in [0.1, 0.15) is 5.82 Å². The molecule has 0 amide bonds. The molecule has 1 saturated heterocycles. The lowest BCUT2D eigenvalue weighted by Crippen LogP contribution is -2.31. The number of halogens is 1. The number of benzene rings is 1. The van der Waals surface area contributed by atoms with Crippen molar-refractivity contribution in [2.24, 2.45) is 5.92 Å². The second-order valence-electron chi connectivity index (χ2n) is 8.35. The predicted molar refractivity (Wildman–Crippen MR) is 108 cm³/mol. The van der Waals surface area contributed by atoms with Gasteiger partial charge in [0.05, 0.1) is 25.4 Å². The Morgan fingerprint density at radius 3 is 2.59 bits per heavy atom. The van der Waals surface area contributed by atoms with E-state index in [0.717, 1.165) is 68.1 Å². The van der Waals surface area contributed by atoms with Crippen LogP contribution in [0.2, 0.25) is 0 Å². The van der Waals surface area contributed by atoms with Gasteiger partial charge in [-0.1, -0.05) is 31.6 Å². The van der Waals surface area contributed by atoms with E-state index in [1.807, 2.05) is 13.0 Å². The molecular formula is C24H35FO2. The summed E-state index contributed by atoms with van der Waals surface area (Å²) in [6.07, 6.45) is 11.3. The van der Waals surface area contributed by atoms with E-state index in [1.165, 1.54) is 0 Å². The van der Waals surface area contributed by atoms with Crippen LogP contribution in [-0.4, -0.2) is 18.8 Å². The minimum Gasteiger partial charge on any atom is -0.376 e. The molecule has 1 aliphatic carbocycles. The molecule has 2 fully saturated rings. The fraction of sp³-hybridized carbons (Fsp3) is 0.667. The molecule has 1 aromatic rings. The monoisotopic (exact) mass is 374 g/mol. The number of rotatable bonds is 7. The zero-order valence-electron chi connectivity index (χ0n) is 17.0. The Morgan fingerprint density at radius 1 is 1.19 bits per heavy atom. The first-order valence-corrected chi connectivity index (χ1v) is 10.8. The zero-order chi connectivity index (χ0) is 19.2. The normalized spacial score (nSPS) is 28.9. The van der Waals surface area contributed by atoms with E-state index in [1.54, 1.807) is 0 Å². The zero-order valence-corrected chi connectivity index (χ0v) is 17.0.